The Morgan fingerprint density at radius 1 is 1.17 bits per heavy atom. The number of fused-ring (bicyclic) bond motifs is 2. The van der Waals surface area contributed by atoms with Gasteiger partial charge >= 0.3 is 0 Å². The lowest BCUT2D eigenvalue weighted by Gasteiger charge is -2.33. The van der Waals surface area contributed by atoms with Gasteiger partial charge in [-0.1, -0.05) is 24.3 Å². The number of aromatic nitrogens is 1. The molecule has 1 atom stereocenters. The number of hydrogen-bond donors (Lipinski definition) is 4. The smallest absolute Gasteiger partial charge is 0.245 e. The van der Waals surface area contributed by atoms with Crippen LogP contribution in [0.25, 0.3) is 10.9 Å². The first-order valence-corrected chi connectivity index (χ1v) is 12.6. The predicted molar refractivity (Wildman–Crippen MR) is 136 cm³/mol. The maximum atomic E-state index is 13.6. The summed E-state index contributed by atoms with van der Waals surface area (Å²) in [7, 11) is -3.86. The molecule has 11 heteroatoms. The highest BCUT2D eigenvalue weighted by Gasteiger charge is 2.32. The Bertz CT molecular complexity index is 1360. The lowest BCUT2D eigenvalue weighted by molar-refractivity contribution is -0.138. The van der Waals surface area contributed by atoms with Gasteiger partial charge in [0.05, 0.1) is 10.4 Å². The summed E-state index contributed by atoms with van der Waals surface area (Å²) < 4.78 is 23.6. The summed E-state index contributed by atoms with van der Waals surface area (Å²) in [5, 5.41) is 9.09. The molecule has 2 aromatic carbocycles. The number of primary sulfonamides is 1. The minimum Gasteiger partial charge on any atom is -0.361 e. The number of benzene rings is 2. The summed E-state index contributed by atoms with van der Waals surface area (Å²) >= 11 is 0. The Balaban J connectivity index is 0.00000342. The van der Waals surface area contributed by atoms with Gasteiger partial charge in [0.2, 0.25) is 21.8 Å². The minimum atomic E-state index is -3.86. The molecule has 0 unspecified atom stereocenters. The fourth-order valence-corrected chi connectivity index (χ4v) is 4.75. The van der Waals surface area contributed by atoms with E-state index in [9.17, 15) is 18.0 Å². The molecular weight excluding hydrogens is 490 g/mol. The van der Waals surface area contributed by atoms with E-state index in [-0.39, 0.29) is 36.2 Å². The molecule has 1 aromatic heterocycles. The lowest BCUT2D eigenvalue weighted by Crippen LogP contribution is -2.57. The third-order valence-electron chi connectivity index (χ3n) is 6.12. The van der Waals surface area contributed by atoms with E-state index in [4.69, 9.17) is 10.9 Å². The Morgan fingerprint density at radius 2 is 1.89 bits per heavy atom. The molecule has 188 valence electrons. The van der Waals surface area contributed by atoms with Gasteiger partial charge in [-0.25, -0.2) is 13.6 Å². The summed E-state index contributed by atoms with van der Waals surface area (Å²) in [5.41, 5.74) is 8.36. The standard InChI is InChI=1S/C24H29N5O4S.ClH/c1-24(2,25)23(31)28-21(12-16-13-27-20-6-4-3-5-19(16)20)22(30)29-10-9-15-7-8-18(34(26,32)33)11-17(15)14-29;/h3-8,11,13,21,27H,9-10,12,14,25H2,1-2H3,(H,28,31)(H2,26,32,33);1H/t21-;/m1./s1. The third kappa shape index (κ3) is 5.84. The first kappa shape index (κ1) is 26.7. The fourth-order valence-electron chi connectivity index (χ4n) is 4.18. The van der Waals surface area contributed by atoms with E-state index in [2.05, 4.69) is 10.3 Å². The van der Waals surface area contributed by atoms with Crippen molar-refractivity contribution in [2.75, 3.05) is 6.54 Å². The molecule has 2 heterocycles. The summed E-state index contributed by atoms with van der Waals surface area (Å²) in [6.45, 7) is 3.85. The monoisotopic (exact) mass is 519 g/mol. The van der Waals surface area contributed by atoms with E-state index < -0.39 is 27.5 Å². The van der Waals surface area contributed by atoms with E-state index in [0.29, 0.717) is 13.0 Å². The van der Waals surface area contributed by atoms with Crippen LogP contribution in [0.5, 0.6) is 0 Å². The number of amides is 2. The second kappa shape index (κ2) is 9.98. The van der Waals surface area contributed by atoms with Crippen molar-refractivity contribution in [3.63, 3.8) is 0 Å². The van der Waals surface area contributed by atoms with Crippen LogP contribution in [0.1, 0.15) is 30.5 Å². The summed E-state index contributed by atoms with van der Waals surface area (Å²) in [6.07, 6.45) is 2.70. The number of carbonyl (C=O) groups is 2. The normalized spacial score (nSPS) is 14.7. The molecule has 0 bridgehead atoms. The van der Waals surface area contributed by atoms with E-state index >= 15 is 0 Å². The number of carbonyl (C=O) groups excluding carboxylic acids is 2. The van der Waals surface area contributed by atoms with Crippen molar-refractivity contribution in [2.24, 2.45) is 10.9 Å². The second-order valence-corrected chi connectivity index (χ2v) is 10.9. The molecular formula is C24H30ClN5O4S. The van der Waals surface area contributed by atoms with E-state index in [1.165, 1.54) is 12.1 Å². The second-order valence-electron chi connectivity index (χ2n) is 9.30. The highest BCUT2D eigenvalue weighted by atomic mass is 35.5. The molecule has 0 saturated heterocycles. The Labute approximate surface area is 210 Å². The fraction of sp³-hybridized carbons (Fsp3) is 0.333. The number of nitrogens with zero attached hydrogens (tertiary/aromatic N) is 1. The van der Waals surface area contributed by atoms with Crippen molar-refractivity contribution in [3.8, 4) is 0 Å². The number of hydrogen-bond acceptors (Lipinski definition) is 5. The first-order chi connectivity index (χ1) is 15.9. The number of aromatic amines is 1. The molecule has 0 radical (unpaired) electrons. The van der Waals surface area contributed by atoms with Gasteiger partial charge in [-0.15, -0.1) is 12.4 Å². The van der Waals surface area contributed by atoms with Gasteiger partial charge in [-0.2, -0.15) is 0 Å². The molecule has 1 aliphatic rings. The summed E-state index contributed by atoms with van der Waals surface area (Å²) in [4.78, 5) is 31.2. The van der Waals surface area contributed by atoms with Gasteiger partial charge in [0.1, 0.15) is 6.04 Å². The topological polar surface area (TPSA) is 151 Å². The van der Waals surface area contributed by atoms with E-state index in [0.717, 1.165) is 27.6 Å². The van der Waals surface area contributed by atoms with Crippen LogP contribution in [0.4, 0.5) is 0 Å². The zero-order valence-corrected chi connectivity index (χ0v) is 21.2. The minimum absolute atomic E-state index is 0. The van der Waals surface area contributed by atoms with Crippen LogP contribution < -0.4 is 16.2 Å². The lowest BCUT2D eigenvalue weighted by atomic mass is 9.97. The first-order valence-electron chi connectivity index (χ1n) is 11.0. The molecule has 9 nitrogen and oxygen atoms in total. The van der Waals surface area contributed by atoms with Crippen molar-refractivity contribution < 1.29 is 18.0 Å². The molecule has 35 heavy (non-hydrogen) atoms. The average molecular weight is 520 g/mol. The van der Waals surface area contributed by atoms with Crippen molar-refractivity contribution in [3.05, 3.63) is 65.4 Å². The number of nitrogens with one attached hydrogen (secondary N) is 2. The number of sulfonamides is 1. The molecule has 0 fully saturated rings. The molecule has 2 amide bonds. The quantitative estimate of drug-likeness (QED) is 0.389. The maximum absolute atomic E-state index is 13.6. The van der Waals surface area contributed by atoms with Crippen LogP contribution in [-0.4, -0.2) is 48.2 Å². The predicted octanol–water partition coefficient (Wildman–Crippen LogP) is 1.59. The van der Waals surface area contributed by atoms with Gasteiger partial charge in [-0.3, -0.25) is 9.59 Å². The van der Waals surface area contributed by atoms with Crippen LogP contribution in [-0.2, 0) is 39.0 Å². The maximum Gasteiger partial charge on any atom is 0.245 e. The van der Waals surface area contributed by atoms with Crippen molar-refractivity contribution in [2.45, 2.75) is 49.7 Å². The summed E-state index contributed by atoms with van der Waals surface area (Å²) in [6, 6.07) is 11.6. The van der Waals surface area contributed by atoms with Gasteiger partial charge in [0.15, 0.2) is 0 Å². The molecule has 0 saturated carbocycles. The zero-order valence-electron chi connectivity index (χ0n) is 19.6. The molecule has 1 aliphatic heterocycles. The Morgan fingerprint density at radius 3 is 2.57 bits per heavy atom. The average Bonchev–Trinajstić information content (AvgIpc) is 3.19. The van der Waals surface area contributed by atoms with Gasteiger partial charge < -0.3 is 20.9 Å². The Kier molecular flexibility index (Phi) is 7.61. The molecule has 0 spiro atoms. The number of halogens is 1. The Hall–Kier alpha value is -2.92. The third-order valence-corrected chi connectivity index (χ3v) is 7.03. The van der Waals surface area contributed by atoms with Crippen molar-refractivity contribution >= 4 is 45.1 Å². The SMILES string of the molecule is CC(C)(N)C(=O)N[C@H](Cc1c[nH]c2ccccc12)C(=O)N1CCc2ccc(S(N)(=O)=O)cc2C1.Cl. The highest BCUT2D eigenvalue weighted by molar-refractivity contribution is 7.89. The number of nitrogens with two attached hydrogens (primary N) is 2. The molecule has 0 aliphatic carbocycles. The van der Waals surface area contributed by atoms with Crippen LogP contribution in [0, 0.1) is 0 Å². The van der Waals surface area contributed by atoms with Gasteiger partial charge in [0, 0.05) is 36.6 Å². The molecule has 6 N–H and O–H groups in total. The highest BCUT2D eigenvalue weighted by Crippen LogP contribution is 2.24. The summed E-state index contributed by atoms with van der Waals surface area (Å²) in [5.74, 6) is -0.686. The van der Waals surface area contributed by atoms with E-state index in [1.54, 1.807) is 24.8 Å². The van der Waals surface area contributed by atoms with Crippen molar-refractivity contribution in [1.82, 2.24) is 15.2 Å². The largest absolute Gasteiger partial charge is 0.361 e. The number of rotatable bonds is 6. The van der Waals surface area contributed by atoms with Crippen molar-refractivity contribution in [1.29, 1.82) is 0 Å². The number of H-pyrrole nitrogens is 1. The van der Waals surface area contributed by atoms with Crippen LogP contribution in [0.15, 0.2) is 53.6 Å². The van der Waals surface area contributed by atoms with Crippen LogP contribution in [0.2, 0.25) is 0 Å². The molecule has 3 aromatic rings. The van der Waals surface area contributed by atoms with E-state index in [1.807, 2.05) is 30.5 Å². The van der Waals surface area contributed by atoms with Gasteiger partial charge in [-0.05, 0) is 55.2 Å². The zero-order chi connectivity index (χ0) is 24.7. The van der Waals surface area contributed by atoms with Crippen LogP contribution >= 0.6 is 12.4 Å². The van der Waals surface area contributed by atoms with Gasteiger partial charge in [0.25, 0.3) is 0 Å². The van der Waals surface area contributed by atoms with Crippen LogP contribution in [0.3, 0.4) is 0 Å². The number of para-hydroxylation sites is 1. The molecule has 4 rings (SSSR count).